The van der Waals surface area contributed by atoms with Gasteiger partial charge in [0.25, 0.3) is 0 Å². The number of hydrogen-bond acceptors (Lipinski definition) is 2. The zero-order chi connectivity index (χ0) is 11.4. The Kier molecular flexibility index (Phi) is 4.24. The van der Waals surface area contributed by atoms with E-state index in [0.29, 0.717) is 0 Å². The highest BCUT2D eigenvalue weighted by Crippen LogP contribution is 2.16. The monoisotopic (exact) mass is 282 g/mol. The minimum Gasteiger partial charge on any atom is -0.384 e. The molecule has 0 bridgehead atoms. The molecule has 88 valence electrons. The van der Waals surface area contributed by atoms with Gasteiger partial charge >= 0.3 is 0 Å². The first-order chi connectivity index (χ1) is 7.74. The molecule has 1 N–H and O–H groups in total. The summed E-state index contributed by atoms with van der Waals surface area (Å²) in [5.74, 6) is 0.880. The number of likely N-dealkylation sites (tertiary alicyclic amines) is 1. The molecule has 0 saturated carbocycles. The summed E-state index contributed by atoms with van der Waals surface area (Å²) >= 11 is 3.48. The van der Waals surface area contributed by atoms with Gasteiger partial charge in [-0.05, 0) is 37.1 Å². The fraction of sp³-hybridized carbons (Fsp3) is 0.538. The van der Waals surface area contributed by atoms with E-state index in [1.54, 1.807) is 0 Å². The van der Waals surface area contributed by atoms with Crippen molar-refractivity contribution in [3.8, 4) is 0 Å². The molecule has 0 amide bonds. The number of halogens is 1. The van der Waals surface area contributed by atoms with Crippen molar-refractivity contribution in [2.45, 2.75) is 13.3 Å². The fourth-order valence-electron chi connectivity index (χ4n) is 2.19. The molecule has 1 fully saturated rings. The number of rotatable bonds is 4. The summed E-state index contributed by atoms with van der Waals surface area (Å²) < 4.78 is 1.13. The van der Waals surface area contributed by atoms with Gasteiger partial charge in [-0.1, -0.05) is 28.9 Å². The summed E-state index contributed by atoms with van der Waals surface area (Å²) in [4.78, 5) is 2.54. The Morgan fingerprint density at radius 3 is 3.06 bits per heavy atom. The van der Waals surface area contributed by atoms with Crippen molar-refractivity contribution < 1.29 is 0 Å². The summed E-state index contributed by atoms with van der Waals surface area (Å²) in [6.45, 7) is 7.04. The van der Waals surface area contributed by atoms with Crippen molar-refractivity contribution in [3.05, 3.63) is 28.7 Å². The predicted octanol–water partition coefficient (Wildman–Crippen LogP) is 3.20. The molecule has 2 rings (SSSR count). The maximum absolute atomic E-state index is 3.48. The Hall–Kier alpha value is -0.540. The van der Waals surface area contributed by atoms with Crippen molar-refractivity contribution in [1.29, 1.82) is 0 Å². The van der Waals surface area contributed by atoms with E-state index in [1.165, 1.54) is 25.2 Å². The standard InChI is InChI=1S/C13H19BrN2/c1-11-5-7-16(10-11)8-6-15-13-4-2-3-12(14)9-13/h2-4,9,11,15H,5-8,10H2,1H3. The van der Waals surface area contributed by atoms with E-state index in [9.17, 15) is 0 Å². The van der Waals surface area contributed by atoms with Crippen LogP contribution in [0.25, 0.3) is 0 Å². The maximum atomic E-state index is 3.48. The first kappa shape index (κ1) is 11.9. The number of nitrogens with zero attached hydrogens (tertiary/aromatic N) is 1. The zero-order valence-corrected chi connectivity index (χ0v) is 11.3. The van der Waals surface area contributed by atoms with Gasteiger partial charge in [-0.3, -0.25) is 0 Å². The largest absolute Gasteiger partial charge is 0.384 e. The molecule has 16 heavy (non-hydrogen) atoms. The summed E-state index contributed by atoms with van der Waals surface area (Å²) in [7, 11) is 0. The third-order valence-electron chi connectivity index (χ3n) is 3.09. The molecule has 0 aliphatic carbocycles. The van der Waals surface area contributed by atoms with Gasteiger partial charge in [-0.15, -0.1) is 0 Å². The second kappa shape index (κ2) is 5.69. The third kappa shape index (κ3) is 3.49. The second-order valence-corrected chi connectivity index (χ2v) is 5.55. The highest BCUT2D eigenvalue weighted by Gasteiger charge is 2.17. The van der Waals surface area contributed by atoms with Crippen molar-refractivity contribution >= 4 is 21.6 Å². The number of nitrogens with one attached hydrogen (secondary N) is 1. The van der Waals surface area contributed by atoms with Gasteiger partial charge in [0.2, 0.25) is 0 Å². The summed E-state index contributed by atoms with van der Waals surface area (Å²) in [6.07, 6.45) is 1.36. The van der Waals surface area contributed by atoms with E-state index in [0.717, 1.165) is 23.5 Å². The molecule has 3 heteroatoms. The maximum Gasteiger partial charge on any atom is 0.0351 e. The van der Waals surface area contributed by atoms with Crippen LogP contribution in [0.1, 0.15) is 13.3 Å². The summed E-state index contributed by atoms with van der Waals surface area (Å²) in [5, 5.41) is 3.46. The molecule has 2 nitrogen and oxygen atoms in total. The Bertz CT molecular complexity index is 340. The van der Waals surface area contributed by atoms with Crippen LogP contribution in [0.4, 0.5) is 5.69 Å². The van der Waals surface area contributed by atoms with E-state index in [-0.39, 0.29) is 0 Å². The SMILES string of the molecule is CC1CCN(CCNc2cccc(Br)c2)C1. The van der Waals surface area contributed by atoms with Crippen molar-refractivity contribution in [1.82, 2.24) is 4.90 Å². The number of hydrogen-bond donors (Lipinski definition) is 1. The summed E-state index contributed by atoms with van der Waals surface area (Å²) in [5.41, 5.74) is 1.20. The lowest BCUT2D eigenvalue weighted by Gasteiger charge is -2.16. The molecule has 1 aliphatic heterocycles. The second-order valence-electron chi connectivity index (χ2n) is 4.63. The lowest BCUT2D eigenvalue weighted by molar-refractivity contribution is 0.341. The van der Waals surface area contributed by atoms with Crippen LogP contribution >= 0.6 is 15.9 Å². The van der Waals surface area contributed by atoms with Crippen LogP contribution in [0.3, 0.4) is 0 Å². The van der Waals surface area contributed by atoms with Gasteiger partial charge in [0, 0.05) is 29.8 Å². The quantitative estimate of drug-likeness (QED) is 0.913. The van der Waals surface area contributed by atoms with Crippen LogP contribution in [0.2, 0.25) is 0 Å². The zero-order valence-electron chi connectivity index (χ0n) is 9.75. The molecule has 0 spiro atoms. The average Bonchev–Trinajstić information content (AvgIpc) is 2.64. The van der Waals surface area contributed by atoms with Crippen molar-refractivity contribution in [2.75, 3.05) is 31.5 Å². The van der Waals surface area contributed by atoms with Gasteiger partial charge in [0.1, 0.15) is 0 Å². The molecular formula is C13H19BrN2. The van der Waals surface area contributed by atoms with Crippen LogP contribution in [0.15, 0.2) is 28.7 Å². The van der Waals surface area contributed by atoms with E-state index >= 15 is 0 Å². The topological polar surface area (TPSA) is 15.3 Å². The van der Waals surface area contributed by atoms with Crippen LogP contribution in [-0.2, 0) is 0 Å². The molecule has 1 heterocycles. The van der Waals surface area contributed by atoms with Gasteiger partial charge < -0.3 is 10.2 Å². The van der Waals surface area contributed by atoms with Gasteiger partial charge in [0.05, 0.1) is 0 Å². The molecule has 1 unspecified atom stereocenters. The van der Waals surface area contributed by atoms with Crippen LogP contribution in [-0.4, -0.2) is 31.1 Å². The Labute approximate surface area is 106 Å². The first-order valence-corrected chi connectivity index (χ1v) is 6.75. The van der Waals surface area contributed by atoms with Crippen LogP contribution in [0, 0.1) is 5.92 Å². The lowest BCUT2D eigenvalue weighted by Crippen LogP contribution is -2.26. The molecule has 1 aromatic carbocycles. The molecular weight excluding hydrogens is 264 g/mol. The van der Waals surface area contributed by atoms with Gasteiger partial charge in [0.15, 0.2) is 0 Å². The normalized spacial score (nSPS) is 21.2. The molecule has 0 aromatic heterocycles. The fourth-order valence-corrected chi connectivity index (χ4v) is 2.59. The average molecular weight is 283 g/mol. The van der Waals surface area contributed by atoms with E-state index in [2.05, 4.69) is 51.3 Å². The molecule has 1 aromatic rings. The van der Waals surface area contributed by atoms with Gasteiger partial charge in [-0.25, -0.2) is 0 Å². The minimum absolute atomic E-state index is 0.880. The highest BCUT2D eigenvalue weighted by atomic mass is 79.9. The predicted molar refractivity (Wildman–Crippen MR) is 72.9 cm³/mol. The van der Waals surface area contributed by atoms with E-state index < -0.39 is 0 Å². The minimum atomic E-state index is 0.880. The highest BCUT2D eigenvalue weighted by molar-refractivity contribution is 9.10. The van der Waals surface area contributed by atoms with Crippen molar-refractivity contribution in [2.24, 2.45) is 5.92 Å². The Morgan fingerprint density at radius 1 is 1.50 bits per heavy atom. The summed E-state index contributed by atoms with van der Waals surface area (Å²) in [6, 6.07) is 8.33. The Balaban J connectivity index is 1.72. The van der Waals surface area contributed by atoms with Crippen molar-refractivity contribution in [3.63, 3.8) is 0 Å². The molecule has 1 aliphatic rings. The molecule has 1 saturated heterocycles. The van der Waals surface area contributed by atoms with E-state index in [4.69, 9.17) is 0 Å². The number of anilines is 1. The third-order valence-corrected chi connectivity index (χ3v) is 3.58. The first-order valence-electron chi connectivity index (χ1n) is 5.96. The Morgan fingerprint density at radius 2 is 2.38 bits per heavy atom. The molecule has 1 atom stereocenters. The molecule has 0 radical (unpaired) electrons. The van der Waals surface area contributed by atoms with Crippen LogP contribution < -0.4 is 5.32 Å². The smallest absolute Gasteiger partial charge is 0.0351 e. The van der Waals surface area contributed by atoms with E-state index in [1.807, 2.05) is 6.07 Å². The lowest BCUT2D eigenvalue weighted by atomic mass is 10.2. The van der Waals surface area contributed by atoms with Crippen LogP contribution in [0.5, 0.6) is 0 Å². The number of benzene rings is 1. The van der Waals surface area contributed by atoms with Gasteiger partial charge in [-0.2, -0.15) is 0 Å².